The highest BCUT2D eigenvalue weighted by atomic mass is 19.4. The van der Waals surface area contributed by atoms with E-state index in [2.05, 4.69) is 11.7 Å². The molecule has 1 aromatic carbocycles. The number of benzene rings is 1. The van der Waals surface area contributed by atoms with Gasteiger partial charge in [-0.15, -0.1) is 13.2 Å². The summed E-state index contributed by atoms with van der Waals surface area (Å²) in [5.74, 6) is -1.32. The standard InChI is InChI=1S/C15H18F4O2/c1-2-3-10-4-6-13(20-9-10)11-5-7-14(12(16)8-11)21-15(17,18)19/h5,7-8,10,13H,2-4,6,9H2,1H3. The summed E-state index contributed by atoms with van der Waals surface area (Å²) in [4.78, 5) is 0. The van der Waals surface area contributed by atoms with Crippen LogP contribution in [-0.4, -0.2) is 13.0 Å². The Morgan fingerprint density at radius 3 is 2.57 bits per heavy atom. The molecule has 0 aliphatic carbocycles. The van der Waals surface area contributed by atoms with Crippen LogP contribution >= 0.6 is 0 Å². The van der Waals surface area contributed by atoms with Crippen LogP contribution in [0.15, 0.2) is 18.2 Å². The summed E-state index contributed by atoms with van der Waals surface area (Å²) >= 11 is 0. The van der Waals surface area contributed by atoms with E-state index < -0.39 is 17.9 Å². The Bertz CT molecular complexity index is 465. The highest BCUT2D eigenvalue weighted by Crippen LogP contribution is 2.34. The van der Waals surface area contributed by atoms with Crippen LogP contribution in [0.1, 0.15) is 44.3 Å². The third-order valence-electron chi connectivity index (χ3n) is 3.62. The minimum Gasteiger partial charge on any atom is -0.403 e. The van der Waals surface area contributed by atoms with Crippen molar-refractivity contribution in [2.45, 2.75) is 45.1 Å². The lowest BCUT2D eigenvalue weighted by molar-refractivity contribution is -0.275. The molecule has 6 heteroatoms. The quantitative estimate of drug-likeness (QED) is 0.729. The number of hydrogen-bond donors (Lipinski definition) is 0. The number of ether oxygens (including phenoxy) is 2. The van der Waals surface area contributed by atoms with Crippen molar-refractivity contribution >= 4 is 0 Å². The minimum atomic E-state index is -4.89. The van der Waals surface area contributed by atoms with E-state index in [-0.39, 0.29) is 6.10 Å². The molecule has 1 saturated heterocycles. The largest absolute Gasteiger partial charge is 0.573 e. The predicted molar refractivity (Wildman–Crippen MR) is 69.4 cm³/mol. The smallest absolute Gasteiger partial charge is 0.403 e. The zero-order valence-corrected chi connectivity index (χ0v) is 11.8. The Balaban J connectivity index is 2.01. The lowest BCUT2D eigenvalue weighted by atomic mass is 9.92. The molecule has 2 unspecified atom stereocenters. The zero-order valence-electron chi connectivity index (χ0n) is 11.8. The second kappa shape index (κ2) is 6.64. The van der Waals surface area contributed by atoms with E-state index in [1.807, 2.05) is 0 Å². The maximum atomic E-state index is 13.7. The van der Waals surface area contributed by atoms with E-state index >= 15 is 0 Å². The summed E-state index contributed by atoms with van der Waals surface area (Å²) in [5, 5.41) is 0. The van der Waals surface area contributed by atoms with Crippen molar-refractivity contribution in [1.29, 1.82) is 0 Å². The van der Waals surface area contributed by atoms with Crippen LogP contribution in [-0.2, 0) is 4.74 Å². The Hall–Kier alpha value is -1.30. The molecule has 2 rings (SSSR count). The molecule has 1 fully saturated rings. The third kappa shape index (κ3) is 4.59. The van der Waals surface area contributed by atoms with Crippen LogP contribution in [0.3, 0.4) is 0 Å². The van der Waals surface area contributed by atoms with Gasteiger partial charge in [-0.1, -0.05) is 19.4 Å². The maximum Gasteiger partial charge on any atom is 0.573 e. The molecule has 0 N–H and O–H groups in total. The minimum absolute atomic E-state index is 0.257. The van der Waals surface area contributed by atoms with E-state index in [1.54, 1.807) is 0 Å². The summed E-state index contributed by atoms with van der Waals surface area (Å²) in [6.07, 6.45) is -1.22. The average Bonchev–Trinajstić information content (AvgIpc) is 2.41. The van der Waals surface area contributed by atoms with Crippen molar-refractivity contribution in [2.24, 2.45) is 5.92 Å². The molecule has 21 heavy (non-hydrogen) atoms. The fraction of sp³-hybridized carbons (Fsp3) is 0.600. The first kappa shape index (κ1) is 16.1. The third-order valence-corrected chi connectivity index (χ3v) is 3.62. The second-order valence-corrected chi connectivity index (χ2v) is 5.29. The average molecular weight is 306 g/mol. The van der Waals surface area contributed by atoms with Crippen LogP contribution in [0.25, 0.3) is 0 Å². The molecule has 0 radical (unpaired) electrons. The van der Waals surface area contributed by atoms with Gasteiger partial charge in [0.2, 0.25) is 0 Å². The van der Waals surface area contributed by atoms with Gasteiger partial charge in [0.15, 0.2) is 11.6 Å². The number of halogens is 4. The molecule has 1 aliphatic rings. The molecule has 118 valence electrons. The van der Waals surface area contributed by atoms with E-state index in [0.29, 0.717) is 18.1 Å². The van der Waals surface area contributed by atoms with Crippen molar-refractivity contribution in [3.05, 3.63) is 29.6 Å². The molecule has 0 saturated carbocycles. The van der Waals surface area contributed by atoms with Crippen molar-refractivity contribution in [3.63, 3.8) is 0 Å². The van der Waals surface area contributed by atoms with Crippen LogP contribution < -0.4 is 4.74 Å². The Morgan fingerprint density at radius 1 is 1.29 bits per heavy atom. The van der Waals surface area contributed by atoms with Crippen molar-refractivity contribution in [3.8, 4) is 5.75 Å². The molecule has 0 aromatic heterocycles. The van der Waals surface area contributed by atoms with Crippen LogP contribution in [0.2, 0.25) is 0 Å². The molecular formula is C15H18F4O2. The fourth-order valence-corrected chi connectivity index (χ4v) is 2.63. The molecule has 1 aliphatic heterocycles. The van der Waals surface area contributed by atoms with Gasteiger partial charge in [0, 0.05) is 0 Å². The van der Waals surface area contributed by atoms with Gasteiger partial charge in [-0.05, 0) is 42.9 Å². The number of alkyl halides is 3. The highest BCUT2D eigenvalue weighted by molar-refractivity contribution is 5.31. The normalized spacial score (nSPS) is 23.1. The van der Waals surface area contributed by atoms with E-state index in [9.17, 15) is 17.6 Å². The lowest BCUT2D eigenvalue weighted by Gasteiger charge is -2.29. The monoisotopic (exact) mass is 306 g/mol. The van der Waals surface area contributed by atoms with E-state index in [1.165, 1.54) is 6.07 Å². The van der Waals surface area contributed by atoms with Crippen molar-refractivity contribution in [1.82, 2.24) is 0 Å². The van der Waals surface area contributed by atoms with Crippen molar-refractivity contribution < 1.29 is 27.0 Å². The Kier molecular flexibility index (Phi) is 5.08. The number of rotatable bonds is 4. The second-order valence-electron chi connectivity index (χ2n) is 5.29. The van der Waals surface area contributed by atoms with Gasteiger partial charge >= 0.3 is 6.36 Å². The van der Waals surface area contributed by atoms with Gasteiger partial charge in [-0.3, -0.25) is 0 Å². The van der Waals surface area contributed by atoms with Gasteiger partial charge in [0.1, 0.15) is 0 Å². The Labute approximate surface area is 121 Å². The molecule has 0 spiro atoms. The van der Waals surface area contributed by atoms with E-state index in [0.717, 1.165) is 37.8 Å². The summed E-state index contributed by atoms with van der Waals surface area (Å²) in [7, 11) is 0. The molecule has 0 amide bonds. The molecule has 0 bridgehead atoms. The summed E-state index contributed by atoms with van der Waals surface area (Å²) in [6, 6.07) is 3.49. The Morgan fingerprint density at radius 2 is 2.05 bits per heavy atom. The van der Waals surface area contributed by atoms with Crippen LogP contribution in [0.4, 0.5) is 17.6 Å². The fourth-order valence-electron chi connectivity index (χ4n) is 2.63. The summed E-state index contributed by atoms with van der Waals surface area (Å²) < 4.78 is 59.2. The summed E-state index contributed by atoms with van der Waals surface area (Å²) in [5.41, 5.74) is 0.553. The molecule has 2 atom stereocenters. The van der Waals surface area contributed by atoms with Crippen molar-refractivity contribution in [2.75, 3.05) is 6.61 Å². The first-order valence-electron chi connectivity index (χ1n) is 7.06. The van der Waals surface area contributed by atoms with Crippen LogP contribution in [0.5, 0.6) is 5.75 Å². The van der Waals surface area contributed by atoms with Crippen LogP contribution in [0, 0.1) is 11.7 Å². The summed E-state index contributed by atoms with van der Waals surface area (Å²) in [6.45, 7) is 2.72. The SMILES string of the molecule is CCCC1CCC(c2ccc(OC(F)(F)F)c(F)c2)OC1. The lowest BCUT2D eigenvalue weighted by Crippen LogP contribution is -2.21. The topological polar surface area (TPSA) is 18.5 Å². The number of hydrogen-bond acceptors (Lipinski definition) is 2. The van der Waals surface area contributed by atoms with Gasteiger partial charge in [-0.25, -0.2) is 4.39 Å². The first-order chi connectivity index (χ1) is 9.89. The zero-order chi connectivity index (χ0) is 15.5. The first-order valence-corrected chi connectivity index (χ1v) is 7.06. The predicted octanol–water partition coefficient (Wildman–Crippen LogP) is 4.99. The van der Waals surface area contributed by atoms with Gasteiger partial charge in [0.25, 0.3) is 0 Å². The van der Waals surface area contributed by atoms with Gasteiger partial charge in [0.05, 0.1) is 12.7 Å². The molecule has 1 heterocycles. The maximum absolute atomic E-state index is 13.7. The van der Waals surface area contributed by atoms with E-state index in [4.69, 9.17) is 4.74 Å². The van der Waals surface area contributed by atoms with Gasteiger partial charge < -0.3 is 9.47 Å². The molecule has 2 nitrogen and oxygen atoms in total. The molecule has 1 aromatic rings. The highest BCUT2D eigenvalue weighted by Gasteiger charge is 2.32. The molecular weight excluding hydrogens is 288 g/mol. The van der Waals surface area contributed by atoms with Gasteiger partial charge in [-0.2, -0.15) is 0 Å².